The summed E-state index contributed by atoms with van der Waals surface area (Å²) in [5.74, 6) is -0.874. The fourth-order valence-corrected chi connectivity index (χ4v) is 2.84. The molecular weight excluding hydrogens is 370 g/mol. The molecule has 7 heteroatoms. The third-order valence-corrected chi connectivity index (χ3v) is 4.39. The van der Waals surface area contributed by atoms with Crippen molar-refractivity contribution in [2.45, 2.75) is 13.0 Å². The van der Waals surface area contributed by atoms with Crippen LogP contribution in [0.2, 0.25) is 0 Å². The van der Waals surface area contributed by atoms with E-state index in [9.17, 15) is 19.7 Å². The number of para-hydroxylation sites is 1. The SMILES string of the molecule is C[C@@H](NC(=O)c1ccccc1NC(=O)c1cccc([N+](=O)[O-])c1)c1ccccc1. The number of hydrogen-bond donors (Lipinski definition) is 2. The van der Waals surface area contributed by atoms with Gasteiger partial charge in [0.2, 0.25) is 0 Å². The van der Waals surface area contributed by atoms with Crippen molar-refractivity contribution in [2.75, 3.05) is 5.32 Å². The first-order valence-electron chi connectivity index (χ1n) is 8.96. The Bertz CT molecular complexity index is 1050. The van der Waals surface area contributed by atoms with Gasteiger partial charge in [0.25, 0.3) is 17.5 Å². The van der Waals surface area contributed by atoms with E-state index in [4.69, 9.17) is 0 Å². The predicted octanol–water partition coefficient (Wildman–Crippen LogP) is 4.34. The molecule has 3 aromatic carbocycles. The molecule has 7 nitrogen and oxygen atoms in total. The molecule has 0 aliphatic heterocycles. The molecule has 0 saturated heterocycles. The zero-order chi connectivity index (χ0) is 20.8. The standard InChI is InChI=1S/C22H19N3O4/c1-15(16-8-3-2-4-9-16)23-22(27)19-12-5-6-13-20(19)24-21(26)17-10-7-11-18(14-17)25(28)29/h2-15H,1H3,(H,23,27)(H,24,26)/t15-/m1/s1. The van der Waals surface area contributed by atoms with Gasteiger partial charge in [-0.3, -0.25) is 19.7 Å². The van der Waals surface area contributed by atoms with E-state index in [0.717, 1.165) is 5.56 Å². The molecule has 0 aliphatic carbocycles. The molecule has 0 aliphatic rings. The first-order chi connectivity index (χ1) is 14.0. The Labute approximate surface area is 167 Å². The zero-order valence-electron chi connectivity index (χ0n) is 15.7. The lowest BCUT2D eigenvalue weighted by Crippen LogP contribution is -2.28. The summed E-state index contributed by atoms with van der Waals surface area (Å²) in [6.07, 6.45) is 0. The summed E-state index contributed by atoms with van der Waals surface area (Å²) in [7, 11) is 0. The summed E-state index contributed by atoms with van der Waals surface area (Å²) in [5, 5.41) is 16.5. The number of non-ortho nitro benzene ring substituents is 1. The molecule has 0 radical (unpaired) electrons. The van der Waals surface area contributed by atoms with Gasteiger partial charge in [-0.25, -0.2) is 0 Å². The van der Waals surface area contributed by atoms with Crippen molar-refractivity contribution in [3.8, 4) is 0 Å². The Balaban J connectivity index is 1.78. The minimum atomic E-state index is -0.566. The molecule has 29 heavy (non-hydrogen) atoms. The highest BCUT2D eigenvalue weighted by Gasteiger charge is 2.17. The minimum absolute atomic E-state index is 0.132. The van der Waals surface area contributed by atoms with Crippen LogP contribution in [0.4, 0.5) is 11.4 Å². The van der Waals surface area contributed by atoms with Gasteiger partial charge in [0.15, 0.2) is 0 Å². The van der Waals surface area contributed by atoms with Crippen molar-refractivity contribution >= 4 is 23.2 Å². The number of nitro groups is 1. The topological polar surface area (TPSA) is 101 Å². The van der Waals surface area contributed by atoms with Gasteiger partial charge in [0, 0.05) is 17.7 Å². The van der Waals surface area contributed by atoms with Gasteiger partial charge >= 0.3 is 0 Å². The lowest BCUT2D eigenvalue weighted by Gasteiger charge is -2.16. The number of nitrogens with one attached hydrogen (secondary N) is 2. The van der Waals surface area contributed by atoms with Gasteiger partial charge in [0.05, 0.1) is 22.2 Å². The molecule has 0 fully saturated rings. The average molecular weight is 389 g/mol. The van der Waals surface area contributed by atoms with E-state index in [1.165, 1.54) is 24.3 Å². The Hall–Kier alpha value is -4.00. The number of carbonyl (C=O) groups is 2. The Kier molecular flexibility index (Phi) is 5.99. The van der Waals surface area contributed by atoms with E-state index in [1.807, 2.05) is 37.3 Å². The van der Waals surface area contributed by atoms with Crippen LogP contribution in [0.25, 0.3) is 0 Å². The summed E-state index contributed by atoms with van der Waals surface area (Å²) in [6.45, 7) is 1.87. The summed E-state index contributed by atoms with van der Waals surface area (Å²) in [6, 6.07) is 21.3. The van der Waals surface area contributed by atoms with Crippen LogP contribution in [-0.2, 0) is 0 Å². The van der Waals surface area contributed by atoms with Crippen molar-refractivity contribution in [3.63, 3.8) is 0 Å². The maximum absolute atomic E-state index is 12.8. The molecule has 0 saturated carbocycles. The van der Waals surface area contributed by atoms with Crippen LogP contribution in [0, 0.1) is 10.1 Å². The van der Waals surface area contributed by atoms with Gasteiger partial charge < -0.3 is 10.6 Å². The Morgan fingerprint density at radius 2 is 1.59 bits per heavy atom. The smallest absolute Gasteiger partial charge is 0.270 e. The molecule has 0 aromatic heterocycles. The fraction of sp³-hybridized carbons (Fsp3) is 0.0909. The third-order valence-electron chi connectivity index (χ3n) is 4.39. The normalized spacial score (nSPS) is 11.3. The summed E-state index contributed by atoms with van der Waals surface area (Å²) < 4.78 is 0. The van der Waals surface area contributed by atoms with Crippen molar-refractivity contribution in [1.29, 1.82) is 0 Å². The summed E-state index contributed by atoms with van der Waals surface area (Å²) in [4.78, 5) is 35.7. The third kappa shape index (κ3) is 4.84. The predicted molar refractivity (Wildman–Crippen MR) is 110 cm³/mol. The monoisotopic (exact) mass is 389 g/mol. The van der Waals surface area contributed by atoms with Gasteiger partial charge in [-0.05, 0) is 30.7 Å². The number of hydrogen-bond acceptors (Lipinski definition) is 4. The lowest BCUT2D eigenvalue weighted by molar-refractivity contribution is -0.384. The first kappa shape index (κ1) is 19.8. The van der Waals surface area contributed by atoms with Crippen molar-refractivity contribution in [1.82, 2.24) is 5.32 Å². The van der Waals surface area contributed by atoms with Crippen LogP contribution in [0.3, 0.4) is 0 Å². The van der Waals surface area contributed by atoms with Crippen LogP contribution in [0.1, 0.15) is 39.2 Å². The van der Waals surface area contributed by atoms with Crippen LogP contribution < -0.4 is 10.6 Å². The quantitative estimate of drug-likeness (QED) is 0.484. The summed E-state index contributed by atoms with van der Waals surface area (Å²) >= 11 is 0. The zero-order valence-corrected chi connectivity index (χ0v) is 15.7. The van der Waals surface area contributed by atoms with E-state index >= 15 is 0 Å². The number of amides is 2. The van der Waals surface area contributed by atoms with Crippen molar-refractivity contribution < 1.29 is 14.5 Å². The highest BCUT2D eigenvalue weighted by Crippen LogP contribution is 2.20. The molecule has 0 bridgehead atoms. The highest BCUT2D eigenvalue weighted by atomic mass is 16.6. The van der Waals surface area contributed by atoms with Crippen LogP contribution in [0.15, 0.2) is 78.9 Å². The van der Waals surface area contributed by atoms with Gasteiger partial charge in [0.1, 0.15) is 0 Å². The molecule has 2 amide bonds. The number of rotatable bonds is 6. The van der Waals surface area contributed by atoms with E-state index in [2.05, 4.69) is 10.6 Å². The fourth-order valence-electron chi connectivity index (χ4n) is 2.84. The number of nitro benzene ring substituents is 1. The van der Waals surface area contributed by atoms with E-state index < -0.39 is 10.8 Å². The molecule has 2 N–H and O–H groups in total. The van der Waals surface area contributed by atoms with Crippen LogP contribution in [0.5, 0.6) is 0 Å². The molecule has 0 spiro atoms. The molecule has 1 atom stereocenters. The molecule has 146 valence electrons. The first-order valence-corrected chi connectivity index (χ1v) is 8.96. The number of carbonyl (C=O) groups excluding carboxylic acids is 2. The van der Waals surface area contributed by atoms with E-state index in [-0.39, 0.29) is 23.2 Å². The van der Waals surface area contributed by atoms with Gasteiger partial charge in [-0.1, -0.05) is 48.5 Å². The Morgan fingerprint density at radius 1 is 0.897 bits per heavy atom. The van der Waals surface area contributed by atoms with Crippen LogP contribution in [-0.4, -0.2) is 16.7 Å². The number of nitrogens with zero attached hydrogens (tertiary/aromatic N) is 1. The average Bonchev–Trinajstić information content (AvgIpc) is 2.74. The minimum Gasteiger partial charge on any atom is -0.345 e. The second-order valence-electron chi connectivity index (χ2n) is 6.41. The molecule has 3 rings (SSSR count). The van der Waals surface area contributed by atoms with Gasteiger partial charge in [-0.2, -0.15) is 0 Å². The maximum atomic E-state index is 12.8. The lowest BCUT2D eigenvalue weighted by atomic mass is 10.1. The summed E-state index contributed by atoms with van der Waals surface area (Å²) in [5.41, 5.74) is 1.53. The molecule has 0 heterocycles. The maximum Gasteiger partial charge on any atom is 0.270 e. The molecule has 3 aromatic rings. The van der Waals surface area contributed by atoms with Crippen molar-refractivity contribution in [3.05, 3.63) is 106 Å². The largest absolute Gasteiger partial charge is 0.345 e. The van der Waals surface area contributed by atoms with Crippen molar-refractivity contribution in [2.24, 2.45) is 0 Å². The number of benzene rings is 3. The second-order valence-corrected chi connectivity index (χ2v) is 6.41. The molecular formula is C22H19N3O4. The van der Waals surface area contributed by atoms with Gasteiger partial charge in [-0.15, -0.1) is 0 Å². The van der Waals surface area contributed by atoms with E-state index in [1.54, 1.807) is 24.3 Å². The van der Waals surface area contributed by atoms with E-state index in [0.29, 0.717) is 11.3 Å². The van der Waals surface area contributed by atoms with Crippen LogP contribution >= 0.6 is 0 Å². The second kappa shape index (κ2) is 8.79. The Morgan fingerprint density at radius 3 is 2.31 bits per heavy atom. The molecule has 0 unspecified atom stereocenters. The number of anilines is 1. The highest BCUT2D eigenvalue weighted by molar-refractivity contribution is 6.09.